The largest absolute Gasteiger partial charge is 0.497 e. The molecular formula is C12H11NO4S. The molecule has 0 atom stereocenters. The number of benzene rings is 1. The minimum atomic E-state index is -0.580. The summed E-state index contributed by atoms with van der Waals surface area (Å²) < 4.78 is 14.9. The molecule has 18 heavy (non-hydrogen) atoms. The first-order chi connectivity index (χ1) is 8.65. The number of esters is 1. The molecule has 0 N–H and O–H groups in total. The molecule has 0 aliphatic rings. The van der Waals surface area contributed by atoms with Crippen LogP contribution >= 0.6 is 12.6 Å². The molecule has 5 nitrogen and oxygen atoms in total. The minimum absolute atomic E-state index is 0.0617. The van der Waals surface area contributed by atoms with Gasteiger partial charge in [-0.05, 0) is 24.3 Å². The maximum atomic E-state index is 11.4. The van der Waals surface area contributed by atoms with Gasteiger partial charge in [-0.25, -0.2) is 9.78 Å². The average molecular weight is 265 g/mol. The van der Waals surface area contributed by atoms with Crippen molar-refractivity contribution in [3.8, 4) is 17.2 Å². The summed E-state index contributed by atoms with van der Waals surface area (Å²) in [5.41, 5.74) is 0.785. The fraction of sp³-hybridized carbons (Fsp3) is 0.167. The zero-order valence-electron chi connectivity index (χ0n) is 9.84. The Morgan fingerprint density at radius 1 is 1.28 bits per heavy atom. The van der Waals surface area contributed by atoms with Crippen LogP contribution in [-0.2, 0) is 4.74 Å². The zero-order chi connectivity index (χ0) is 13.1. The number of thiol groups is 1. The molecule has 1 heterocycles. The second-order valence-corrected chi connectivity index (χ2v) is 3.80. The van der Waals surface area contributed by atoms with E-state index in [1.54, 1.807) is 31.4 Å². The highest BCUT2D eigenvalue weighted by molar-refractivity contribution is 7.80. The number of ether oxygens (including phenoxy) is 2. The van der Waals surface area contributed by atoms with Crippen LogP contribution < -0.4 is 4.74 Å². The molecule has 0 saturated heterocycles. The van der Waals surface area contributed by atoms with Crippen LogP contribution in [0, 0.1) is 0 Å². The quantitative estimate of drug-likeness (QED) is 0.682. The van der Waals surface area contributed by atoms with Crippen LogP contribution in [0.4, 0.5) is 0 Å². The van der Waals surface area contributed by atoms with Crippen molar-refractivity contribution in [1.29, 1.82) is 0 Å². The smallest absolute Gasteiger partial charge is 0.361 e. The molecule has 1 aromatic carbocycles. The fourth-order valence-electron chi connectivity index (χ4n) is 1.40. The number of hydrogen-bond acceptors (Lipinski definition) is 6. The summed E-state index contributed by atoms with van der Waals surface area (Å²) in [6.45, 7) is 0. The lowest BCUT2D eigenvalue weighted by atomic mass is 10.2. The van der Waals surface area contributed by atoms with Gasteiger partial charge in [-0.2, -0.15) is 0 Å². The van der Waals surface area contributed by atoms with E-state index in [0.29, 0.717) is 5.89 Å². The predicted molar refractivity (Wildman–Crippen MR) is 67.1 cm³/mol. The summed E-state index contributed by atoms with van der Waals surface area (Å²) in [4.78, 5) is 15.4. The van der Waals surface area contributed by atoms with E-state index in [0.717, 1.165) is 11.3 Å². The Labute approximate surface area is 109 Å². The monoisotopic (exact) mass is 265 g/mol. The first-order valence-corrected chi connectivity index (χ1v) is 5.53. The van der Waals surface area contributed by atoms with Crippen molar-refractivity contribution in [2.75, 3.05) is 14.2 Å². The van der Waals surface area contributed by atoms with Gasteiger partial charge in [0.2, 0.25) is 11.6 Å². The number of aromatic nitrogens is 1. The molecule has 6 heteroatoms. The molecular weight excluding hydrogens is 254 g/mol. The van der Waals surface area contributed by atoms with E-state index in [1.165, 1.54) is 7.11 Å². The second kappa shape index (κ2) is 5.14. The van der Waals surface area contributed by atoms with E-state index in [4.69, 9.17) is 9.15 Å². The summed E-state index contributed by atoms with van der Waals surface area (Å²) >= 11 is 4.05. The first kappa shape index (κ1) is 12.5. The van der Waals surface area contributed by atoms with Gasteiger partial charge in [0.25, 0.3) is 0 Å². The van der Waals surface area contributed by atoms with E-state index in [9.17, 15) is 4.79 Å². The normalized spacial score (nSPS) is 10.2. The molecule has 1 aromatic heterocycles. The third kappa shape index (κ3) is 2.33. The number of nitrogens with zero attached hydrogens (tertiary/aromatic N) is 1. The molecule has 0 aliphatic carbocycles. The average Bonchev–Trinajstić information content (AvgIpc) is 2.80. The second-order valence-electron chi connectivity index (χ2n) is 3.39. The Morgan fingerprint density at radius 3 is 2.50 bits per heavy atom. The predicted octanol–water partition coefficient (Wildman–Crippen LogP) is 2.43. The van der Waals surface area contributed by atoms with Crippen LogP contribution in [0.3, 0.4) is 0 Å². The van der Waals surface area contributed by atoms with Crippen LogP contribution in [0.2, 0.25) is 0 Å². The van der Waals surface area contributed by atoms with E-state index >= 15 is 0 Å². The van der Waals surface area contributed by atoms with Gasteiger partial charge < -0.3 is 13.9 Å². The lowest BCUT2D eigenvalue weighted by molar-refractivity contribution is 0.0588. The van der Waals surface area contributed by atoms with Crippen molar-refractivity contribution >= 4 is 18.6 Å². The summed E-state index contributed by atoms with van der Waals surface area (Å²) in [6, 6.07) is 7.10. The Kier molecular flexibility index (Phi) is 3.57. The van der Waals surface area contributed by atoms with Crippen molar-refractivity contribution in [3.63, 3.8) is 0 Å². The molecule has 0 aliphatic heterocycles. The molecule has 0 amide bonds. The highest BCUT2D eigenvalue weighted by Gasteiger charge is 2.19. The molecule has 0 spiro atoms. The summed E-state index contributed by atoms with van der Waals surface area (Å²) in [5, 5.41) is 0.132. The molecule has 94 valence electrons. The van der Waals surface area contributed by atoms with E-state index in [2.05, 4.69) is 22.3 Å². The summed E-state index contributed by atoms with van der Waals surface area (Å²) in [6.07, 6.45) is 0. The van der Waals surface area contributed by atoms with E-state index in [-0.39, 0.29) is 10.8 Å². The molecule has 0 unspecified atom stereocenters. The van der Waals surface area contributed by atoms with Crippen molar-refractivity contribution in [2.45, 2.75) is 5.09 Å². The Morgan fingerprint density at radius 2 is 1.94 bits per heavy atom. The molecule has 2 aromatic rings. The van der Waals surface area contributed by atoms with Gasteiger partial charge in [0, 0.05) is 5.56 Å². The zero-order valence-corrected chi connectivity index (χ0v) is 10.7. The van der Waals surface area contributed by atoms with Gasteiger partial charge in [0.1, 0.15) is 5.75 Å². The van der Waals surface area contributed by atoms with Crippen molar-refractivity contribution in [2.24, 2.45) is 0 Å². The lowest BCUT2D eigenvalue weighted by Crippen LogP contribution is -2.02. The Hall–Kier alpha value is -1.95. The fourth-order valence-corrected chi connectivity index (χ4v) is 1.63. The maximum absolute atomic E-state index is 11.4. The molecule has 0 fully saturated rings. The van der Waals surface area contributed by atoms with Crippen LogP contribution in [-0.4, -0.2) is 25.2 Å². The number of hydrogen-bond donors (Lipinski definition) is 1. The summed E-state index contributed by atoms with van der Waals surface area (Å²) in [7, 11) is 2.86. The van der Waals surface area contributed by atoms with Crippen molar-refractivity contribution in [1.82, 2.24) is 4.98 Å². The van der Waals surface area contributed by atoms with Gasteiger partial charge >= 0.3 is 5.97 Å². The number of carbonyl (C=O) groups is 1. The molecule has 0 saturated carbocycles. The summed E-state index contributed by atoms with van der Waals surface area (Å²) in [5.74, 6) is 0.455. The van der Waals surface area contributed by atoms with E-state index < -0.39 is 5.97 Å². The van der Waals surface area contributed by atoms with Crippen LogP contribution in [0.15, 0.2) is 33.8 Å². The number of rotatable bonds is 3. The van der Waals surface area contributed by atoms with Gasteiger partial charge in [-0.3, -0.25) is 0 Å². The SMILES string of the molecule is COC(=O)c1nc(-c2ccc(OC)cc2)oc1S. The minimum Gasteiger partial charge on any atom is -0.497 e. The lowest BCUT2D eigenvalue weighted by Gasteiger charge is -1.99. The van der Waals surface area contributed by atoms with Crippen LogP contribution in [0.1, 0.15) is 10.5 Å². The van der Waals surface area contributed by atoms with Crippen molar-refractivity contribution < 1.29 is 18.7 Å². The third-order valence-corrected chi connectivity index (χ3v) is 2.63. The van der Waals surface area contributed by atoms with Crippen LogP contribution in [0.5, 0.6) is 5.75 Å². The van der Waals surface area contributed by atoms with Gasteiger partial charge in [0.15, 0.2) is 5.09 Å². The number of methoxy groups -OCH3 is 2. The maximum Gasteiger partial charge on any atom is 0.361 e. The van der Waals surface area contributed by atoms with Gasteiger partial charge in [-0.1, -0.05) is 0 Å². The van der Waals surface area contributed by atoms with Crippen LogP contribution in [0.25, 0.3) is 11.5 Å². The number of oxazole rings is 1. The topological polar surface area (TPSA) is 61.6 Å². The van der Waals surface area contributed by atoms with Crippen molar-refractivity contribution in [3.05, 3.63) is 30.0 Å². The highest BCUT2D eigenvalue weighted by Crippen LogP contribution is 2.26. The number of carbonyl (C=O) groups excluding carboxylic acids is 1. The molecule has 2 rings (SSSR count). The first-order valence-electron chi connectivity index (χ1n) is 5.08. The van der Waals surface area contributed by atoms with Gasteiger partial charge in [0.05, 0.1) is 14.2 Å². The molecule has 0 radical (unpaired) electrons. The standard InChI is InChI=1S/C12H11NO4S/c1-15-8-5-3-7(4-6-8)10-13-9(11(14)16-2)12(18)17-10/h3-6,18H,1-2H3. The Balaban J connectivity index is 2.36. The molecule has 0 bridgehead atoms. The third-order valence-electron chi connectivity index (χ3n) is 2.32. The highest BCUT2D eigenvalue weighted by atomic mass is 32.1. The van der Waals surface area contributed by atoms with Gasteiger partial charge in [-0.15, -0.1) is 12.6 Å². The van der Waals surface area contributed by atoms with E-state index in [1.807, 2.05) is 0 Å². The Bertz CT molecular complexity index is 562.